The van der Waals surface area contributed by atoms with Gasteiger partial charge in [-0.25, -0.2) is 13.8 Å². The lowest BCUT2D eigenvalue weighted by Gasteiger charge is -2.35. The zero-order chi connectivity index (χ0) is 24.1. The van der Waals surface area contributed by atoms with E-state index in [2.05, 4.69) is 53.3 Å². The van der Waals surface area contributed by atoms with Crippen molar-refractivity contribution in [3.05, 3.63) is 77.3 Å². The fourth-order valence-corrected chi connectivity index (χ4v) is 4.73. The standard InChI is InChI=1S/C27H31F2N3O2/c1-18-12-19(2)16-32(15-18)17-21-8-6-20(7-9-21)13-30-25(33)10-11-26-31-14-24(34-26)27-22(28)4-3-5-23(27)29/h3-9,14,18-19H,10-13,15-17H2,1-2H3,(H,30,33)/t18-,19-/m1/s1. The molecule has 7 heteroatoms. The molecule has 0 radical (unpaired) electrons. The molecule has 34 heavy (non-hydrogen) atoms. The van der Waals surface area contributed by atoms with Gasteiger partial charge in [-0.15, -0.1) is 0 Å². The van der Waals surface area contributed by atoms with Crippen molar-refractivity contribution >= 4 is 5.91 Å². The Morgan fingerprint density at radius 3 is 2.38 bits per heavy atom. The number of rotatable bonds is 8. The van der Waals surface area contributed by atoms with Crippen molar-refractivity contribution in [2.45, 2.75) is 46.2 Å². The molecule has 0 bridgehead atoms. The zero-order valence-electron chi connectivity index (χ0n) is 19.7. The van der Waals surface area contributed by atoms with Crippen molar-refractivity contribution < 1.29 is 18.0 Å². The first-order valence-electron chi connectivity index (χ1n) is 11.8. The third kappa shape index (κ3) is 6.29. The quantitative estimate of drug-likeness (QED) is 0.485. The summed E-state index contributed by atoms with van der Waals surface area (Å²) in [4.78, 5) is 18.8. The van der Waals surface area contributed by atoms with Crippen LogP contribution in [0.2, 0.25) is 0 Å². The van der Waals surface area contributed by atoms with Crippen LogP contribution in [0.25, 0.3) is 11.3 Å². The number of halogens is 2. The number of hydrogen-bond donors (Lipinski definition) is 1. The molecule has 1 aliphatic rings. The van der Waals surface area contributed by atoms with Crippen molar-refractivity contribution in [1.82, 2.24) is 15.2 Å². The lowest BCUT2D eigenvalue weighted by Crippen LogP contribution is -2.38. The Morgan fingerprint density at radius 1 is 1.06 bits per heavy atom. The van der Waals surface area contributed by atoms with E-state index in [1.54, 1.807) is 0 Å². The molecule has 0 aliphatic carbocycles. The normalized spacial score (nSPS) is 18.7. The summed E-state index contributed by atoms with van der Waals surface area (Å²) in [5, 5.41) is 2.90. The molecule has 180 valence electrons. The summed E-state index contributed by atoms with van der Waals surface area (Å²) in [7, 11) is 0. The second kappa shape index (κ2) is 10.9. The molecular weight excluding hydrogens is 436 g/mol. The monoisotopic (exact) mass is 467 g/mol. The van der Waals surface area contributed by atoms with Gasteiger partial charge in [-0.05, 0) is 41.5 Å². The van der Waals surface area contributed by atoms with E-state index in [4.69, 9.17) is 4.42 Å². The number of piperidine rings is 1. The molecular formula is C27H31F2N3O2. The van der Waals surface area contributed by atoms with E-state index in [1.165, 1.54) is 24.2 Å². The van der Waals surface area contributed by atoms with Crippen LogP contribution in [0.3, 0.4) is 0 Å². The van der Waals surface area contributed by atoms with E-state index in [0.29, 0.717) is 6.54 Å². The highest BCUT2D eigenvalue weighted by Gasteiger charge is 2.21. The number of carbonyl (C=O) groups excluding carboxylic acids is 1. The van der Waals surface area contributed by atoms with Gasteiger partial charge in [0.1, 0.15) is 11.6 Å². The van der Waals surface area contributed by atoms with E-state index >= 15 is 0 Å². The fraction of sp³-hybridized carbons (Fsp3) is 0.407. The summed E-state index contributed by atoms with van der Waals surface area (Å²) in [5.41, 5.74) is 2.06. The molecule has 0 spiro atoms. The first-order chi connectivity index (χ1) is 16.4. The molecule has 1 N–H and O–H groups in total. The highest BCUT2D eigenvalue weighted by atomic mass is 19.1. The number of benzene rings is 2. The predicted octanol–water partition coefficient (Wildman–Crippen LogP) is 5.35. The minimum atomic E-state index is -0.716. The first kappa shape index (κ1) is 24.1. The van der Waals surface area contributed by atoms with Crippen molar-refractivity contribution in [2.75, 3.05) is 13.1 Å². The van der Waals surface area contributed by atoms with E-state index in [-0.39, 0.29) is 36.0 Å². The van der Waals surface area contributed by atoms with Crippen LogP contribution < -0.4 is 5.32 Å². The number of nitrogens with zero attached hydrogens (tertiary/aromatic N) is 2. The minimum absolute atomic E-state index is 0.0135. The van der Waals surface area contributed by atoms with Gasteiger partial charge in [0.05, 0.1) is 11.8 Å². The number of oxazole rings is 1. The number of hydrogen-bond acceptors (Lipinski definition) is 4. The second-order valence-corrected chi connectivity index (χ2v) is 9.45. The van der Waals surface area contributed by atoms with Crippen LogP contribution in [0.1, 0.15) is 43.7 Å². The number of likely N-dealkylation sites (tertiary alicyclic amines) is 1. The zero-order valence-corrected chi connectivity index (χ0v) is 19.7. The average molecular weight is 468 g/mol. The maximum atomic E-state index is 13.9. The Morgan fingerprint density at radius 2 is 1.71 bits per heavy atom. The topological polar surface area (TPSA) is 58.4 Å². The number of aryl methyl sites for hydroxylation is 1. The first-order valence-corrected chi connectivity index (χ1v) is 11.8. The molecule has 1 fully saturated rings. The highest BCUT2D eigenvalue weighted by molar-refractivity contribution is 5.76. The van der Waals surface area contributed by atoms with E-state index in [0.717, 1.165) is 49.2 Å². The number of carbonyl (C=O) groups is 1. The Labute approximate surface area is 199 Å². The molecule has 2 aromatic carbocycles. The number of amides is 1. The maximum Gasteiger partial charge on any atom is 0.220 e. The van der Waals surface area contributed by atoms with Crippen molar-refractivity contribution in [2.24, 2.45) is 11.8 Å². The predicted molar refractivity (Wildman–Crippen MR) is 127 cm³/mol. The Bertz CT molecular complexity index is 1080. The second-order valence-electron chi connectivity index (χ2n) is 9.45. The fourth-order valence-electron chi connectivity index (χ4n) is 4.73. The molecule has 0 saturated carbocycles. The van der Waals surface area contributed by atoms with Crippen molar-refractivity contribution in [3.63, 3.8) is 0 Å². The van der Waals surface area contributed by atoms with Crippen LogP contribution >= 0.6 is 0 Å². The van der Waals surface area contributed by atoms with Crippen LogP contribution in [0, 0.1) is 23.5 Å². The molecule has 5 nitrogen and oxygen atoms in total. The molecule has 4 rings (SSSR count). The van der Waals surface area contributed by atoms with Gasteiger partial charge < -0.3 is 9.73 Å². The minimum Gasteiger partial charge on any atom is -0.441 e. The van der Waals surface area contributed by atoms with Crippen molar-refractivity contribution in [3.8, 4) is 11.3 Å². The lowest BCUT2D eigenvalue weighted by atomic mass is 9.91. The maximum absolute atomic E-state index is 13.9. The molecule has 3 aromatic rings. The van der Waals surface area contributed by atoms with Gasteiger partial charge in [-0.1, -0.05) is 44.2 Å². The van der Waals surface area contributed by atoms with Crippen LogP contribution in [-0.2, 0) is 24.3 Å². The summed E-state index contributed by atoms with van der Waals surface area (Å²) in [6.45, 7) is 8.31. The van der Waals surface area contributed by atoms with Crippen LogP contribution in [-0.4, -0.2) is 28.9 Å². The van der Waals surface area contributed by atoms with Gasteiger partial charge in [0.25, 0.3) is 0 Å². The molecule has 1 saturated heterocycles. The third-order valence-corrected chi connectivity index (χ3v) is 6.19. The van der Waals surface area contributed by atoms with E-state index in [1.807, 2.05) is 0 Å². The summed E-state index contributed by atoms with van der Waals surface area (Å²) in [6.07, 6.45) is 2.99. The van der Waals surface area contributed by atoms with Crippen molar-refractivity contribution in [1.29, 1.82) is 0 Å². The van der Waals surface area contributed by atoms with E-state index < -0.39 is 11.6 Å². The highest BCUT2D eigenvalue weighted by Crippen LogP contribution is 2.27. The largest absolute Gasteiger partial charge is 0.441 e. The van der Waals surface area contributed by atoms with Crippen LogP contribution in [0.4, 0.5) is 8.78 Å². The van der Waals surface area contributed by atoms with E-state index in [9.17, 15) is 13.6 Å². The molecule has 0 unspecified atom stereocenters. The van der Waals surface area contributed by atoms with Gasteiger partial charge in [0, 0.05) is 39.0 Å². The average Bonchev–Trinajstić information content (AvgIpc) is 3.25. The Kier molecular flexibility index (Phi) is 7.73. The number of aromatic nitrogens is 1. The van der Waals surface area contributed by atoms with Gasteiger partial charge in [0.15, 0.2) is 11.7 Å². The smallest absolute Gasteiger partial charge is 0.220 e. The summed E-state index contributed by atoms with van der Waals surface area (Å²) in [6, 6.07) is 12.0. The summed E-state index contributed by atoms with van der Waals surface area (Å²) < 4.78 is 33.3. The van der Waals surface area contributed by atoms with Gasteiger partial charge >= 0.3 is 0 Å². The number of nitrogens with one attached hydrogen (secondary N) is 1. The molecule has 1 aliphatic heterocycles. The molecule has 2 heterocycles. The van der Waals surface area contributed by atoms with Crippen LogP contribution in [0.15, 0.2) is 53.1 Å². The summed E-state index contributed by atoms with van der Waals surface area (Å²) in [5.74, 6) is 0.178. The lowest BCUT2D eigenvalue weighted by molar-refractivity contribution is -0.121. The van der Waals surface area contributed by atoms with Gasteiger partial charge in [-0.2, -0.15) is 0 Å². The Hall–Kier alpha value is -3.06. The molecule has 2 atom stereocenters. The third-order valence-electron chi connectivity index (χ3n) is 6.19. The molecule has 1 aromatic heterocycles. The molecule has 1 amide bonds. The van der Waals surface area contributed by atoms with Gasteiger partial charge in [-0.3, -0.25) is 9.69 Å². The SMILES string of the molecule is C[C@@H]1C[C@@H](C)CN(Cc2ccc(CNC(=O)CCc3ncc(-c4c(F)cccc4F)o3)cc2)C1. The summed E-state index contributed by atoms with van der Waals surface area (Å²) >= 11 is 0. The van der Waals surface area contributed by atoms with Gasteiger partial charge in [0.2, 0.25) is 5.91 Å². The van der Waals surface area contributed by atoms with Crippen LogP contribution in [0.5, 0.6) is 0 Å². The Balaban J connectivity index is 1.23.